The predicted octanol–water partition coefficient (Wildman–Crippen LogP) is 3.79. The Morgan fingerprint density at radius 3 is 2.36 bits per heavy atom. The third-order valence-electron chi connectivity index (χ3n) is 2.65. The molecule has 0 amide bonds. The van der Waals surface area contributed by atoms with Crippen molar-refractivity contribution in [2.45, 2.75) is 20.8 Å². The lowest BCUT2D eigenvalue weighted by molar-refractivity contribution is -0.384. The Kier molecular flexibility index (Phi) is 6.61. The van der Waals surface area contributed by atoms with Crippen molar-refractivity contribution in [2.24, 2.45) is 0 Å². The van der Waals surface area contributed by atoms with Crippen LogP contribution in [0.15, 0.2) is 30.1 Å². The van der Waals surface area contributed by atoms with E-state index >= 15 is 0 Å². The number of hydrogen-bond donors (Lipinski definition) is 0. The zero-order chi connectivity index (χ0) is 16.8. The molecule has 0 atom stereocenters. The quantitative estimate of drug-likeness (QED) is 0.312. The van der Waals surface area contributed by atoms with Gasteiger partial charge in [0.15, 0.2) is 5.78 Å². The van der Waals surface area contributed by atoms with Crippen molar-refractivity contribution in [1.82, 2.24) is 0 Å². The molecule has 0 spiro atoms. The van der Waals surface area contributed by atoms with Gasteiger partial charge >= 0.3 is 7.60 Å². The van der Waals surface area contributed by atoms with Gasteiger partial charge in [-0.2, -0.15) is 0 Å². The highest BCUT2D eigenvalue weighted by Crippen LogP contribution is 2.51. The average molecular weight is 327 g/mol. The zero-order valence-corrected chi connectivity index (χ0v) is 13.5. The molecule has 0 aromatic heterocycles. The van der Waals surface area contributed by atoms with Gasteiger partial charge in [0.25, 0.3) is 5.69 Å². The summed E-state index contributed by atoms with van der Waals surface area (Å²) in [6.07, 6.45) is 0. The summed E-state index contributed by atoms with van der Waals surface area (Å²) in [5.41, 5.74) is 0.197. The van der Waals surface area contributed by atoms with E-state index in [4.69, 9.17) is 9.05 Å². The lowest BCUT2D eigenvalue weighted by atomic mass is 10.0. The molecular weight excluding hydrogens is 309 g/mol. The summed E-state index contributed by atoms with van der Waals surface area (Å²) in [4.78, 5) is 22.1. The highest BCUT2D eigenvalue weighted by Gasteiger charge is 2.24. The Morgan fingerprint density at radius 1 is 1.32 bits per heavy atom. The first kappa shape index (κ1) is 18.2. The van der Waals surface area contributed by atoms with E-state index < -0.39 is 12.5 Å². The third-order valence-corrected chi connectivity index (χ3v) is 4.46. The van der Waals surface area contributed by atoms with E-state index in [-0.39, 0.29) is 30.3 Å². The number of allylic oxidation sites excluding steroid dienone is 1. The Hall–Kier alpha value is -1.82. The van der Waals surface area contributed by atoms with Gasteiger partial charge in [0.05, 0.1) is 18.1 Å². The number of nitrogens with zero attached hydrogens (tertiary/aromatic N) is 1. The van der Waals surface area contributed by atoms with E-state index in [1.165, 1.54) is 31.2 Å². The summed E-state index contributed by atoms with van der Waals surface area (Å²) in [5, 5.41) is 10.8. The highest BCUT2D eigenvalue weighted by atomic mass is 31.2. The predicted molar refractivity (Wildman–Crippen MR) is 82.6 cm³/mol. The number of benzene rings is 1. The fourth-order valence-corrected chi connectivity index (χ4v) is 3.38. The van der Waals surface area contributed by atoms with E-state index in [0.29, 0.717) is 5.56 Å². The van der Waals surface area contributed by atoms with Crippen molar-refractivity contribution < 1.29 is 23.3 Å². The highest BCUT2D eigenvalue weighted by molar-refractivity contribution is 7.57. The second-order valence-electron chi connectivity index (χ2n) is 4.28. The van der Waals surface area contributed by atoms with Gasteiger partial charge in [-0.05, 0) is 26.3 Å². The van der Waals surface area contributed by atoms with Gasteiger partial charge in [-0.3, -0.25) is 19.5 Å². The number of ketones is 1. The number of nitro benzene ring substituents is 1. The fourth-order valence-electron chi connectivity index (χ4n) is 1.79. The van der Waals surface area contributed by atoms with Crippen molar-refractivity contribution in [1.29, 1.82) is 0 Å². The number of carbonyl (C=O) groups excluding carboxylic acids is 1. The molecule has 0 N–H and O–H groups in total. The number of nitro groups is 1. The molecule has 0 heterocycles. The number of hydrogen-bond acceptors (Lipinski definition) is 6. The van der Waals surface area contributed by atoms with E-state index in [9.17, 15) is 19.5 Å². The lowest BCUT2D eigenvalue weighted by Gasteiger charge is -2.14. The minimum Gasteiger partial charge on any atom is -0.306 e. The fraction of sp³-hybridized carbons (Fsp3) is 0.357. The van der Waals surface area contributed by atoms with Crippen LogP contribution in [0.2, 0.25) is 0 Å². The lowest BCUT2D eigenvalue weighted by Crippen LogP contribution is -2.00. The second-order valence-corrected chi connectivity index (χ2v) is 6.14. The first-order chi connectivity index (χ1) is 10.3. The number of non-ortho nitro benzene ring substituents is 1. The number of carbonyl (C=O) groups is 1. The normalized spacial score (nSPS) is 12.2. The van der Waals surface area contributed by atoms with Crippen LogP contribution in [-0.4, -0.2) is 23.9 Å². The maximum absolute atomic E-state index is 12.5. The molecule has 0 radical (unpaired) electrons. The molecule has 0 saturated heterocycles. The molecule has 0 fully saturated rings. The van der Waals surface area contributed by atoms with Gasteiger partial charge in [0.1, 0.15) is 0 Å². The average Bonchev–Trinajstić information content (AvgIpc) is 2.45. The molecule has 0 bridgehead atoms. The SMILES string of the molecule is CCOP(=O)(C=C(C(C)=O)c1cccc([N+](=O)[O-])c1)OCC. The van der Waals surface area contributed by atoms with Crippen LogP contribution in [0.3, 0.4) is 0 Å². The van der Waals surface area contributed by atoms with Gasteiger partial charge in [0, 0.05) is 23.5 Å². The molecule has 7 nitrogen and oxygen atoms in total. The molecular formula is C14H18NO6P. The molecule has 0 unspecified atom stereocenters. The van der Waals surface area contributed by atoms with Crippen LogP contribution in [0.5, 0.6) is 0 Å². The van der Waals surface area contributed by atoms with Gasteiger partial charge < -0.3 is 9.05 Å². The van der Waals surface area contributed by atoms with Crippen LogP contribution in [0, 0.1) is 10.1 Å². The van der Waals surface area contributed by atoms with Gasteiger partial charge in [-0.1, -0.05) is 12.1 Å². The standard InChI is InChI=1S/C14H18NO6P/c1-4-20-22(19,21-5-2)10-14(11(3)16)12-7-6-8-13(9-12)15(17)18/h6-10H,4-5H2,1-3H3. The number of rotatable bonds is 8. The monoisotopic (exact) mass is 327 g/mol. The van der Waals surface area contributed by atoms with Crippen molar-refractivity contribution in [3.8, 4) is 0 Å². The van der Waals surface area contributed by atoms with Crippen LogP contribution in [0.1, 0.15) is 26.3 Å². The summed E-state index contributed by atoms with van der Waals surface area (Å²) in [7, 11) is -3.59. The van der Waals surface area contributed by atoms with Crippen LogP contribution < -0.4 is 0 Å². The molecule has 22 heavy (non-hydrogen) atoms. The maximum Gasteiger partial charge on any atom is 0.354 e. The van der Waals surface area contributed by atoms with E-state index in [1.807, 2.05) is 0 Å². The second kappa shape index (κ2) is 7.98. The summed E-state index contributed by atoms with van der Waals surface area (Å²) >= 11 is 0. The topological polar surface area (TPSA) is 95.7 Å². The smallest absolute Gasteiger partial charge is 0.306 e. The van der Waals surface area contributed by atoms with Crippen molar-refractivity contribution >= 4 is 24.6 Å². The molecule has 8 heteroatoms. The molecule has 1 rings (SSSR count). The molecule has 0 aliphatic rings. The molecule has 1 aromatic carbocycles. The Labute approximate surface area is 128 Å². The molecule has 0 saturated carbocycles. The van der Waals surface area contributed by atoms with Gasteiger partial charge in [-0.25, -0.2) is 0 Å². The maximum atomic E-state index is 12.5. The van der Waals surface area contributed by atoms with Crippen LogP contribution in [0.25, 0.3) is 5.57 Å². The largest absolute Gasteiger partial charge is 0.354 e. The number of Topliss-reactive ketones (excluding diaryl/α,β-unsaturated/α-hetero) is 1. The first-order valence-electron chi connectivity index (χ1n) is 6.70. The minimum absolute atomic E-state index is 0.0638. The first-order valence-corrected chi connectivity index (χ1v) is 8.31. The molecule has 0 aliphatic carbocycles. The van der Waals surface area contributed by atoms with Crippen molar-refractivity contribution in [2.75, 3.05) is 13.2 Å². The molecule has 1 aromatic rings. The van der Waals surface area contributed by atoms with Crippen LogP contribution in [0.4, 0.5) is 5.69 Å². The minimum atomic E-state index is -3.59. The van der Waals surface area contributed by atoms with Gasteiger partial charge in [-0.15, -0.1) is 0 Å². The molecule has 0 aliphatic heterocycles. The third kappa shape index (κ3) is 4.87. The van der Waals surface area contributed by atoms with E-state index in [2.05, 4.69) is 0 Å². The summed E-state index contributed by atoms with van der Waals surface area (Å²) in [6.45, 7) is 4.88. The van der Waals surface area contributed by atoms with Crippen molar-refractivity contribution in [3.63, 3.8) is 0 Å². The van der Waals surface area contributed by atoms with E-state index in [0.717, 1.165) is 5.82 Å². The summed E-state index contributed by atoms with van der Waals surface area (Å²) in [5.74, 6) is 0.738. The van der Waals surface area contributed by atoms with Crippen LogP contribution in [-0.2, 0) is 18.4 Å². The van der Waals surface area contributed by atoms with E-state index in [1.54, 1.807) is 13.8 Å². The van der Waals surface area contributed by atoms with Crippen LogP contribution >= 0.6 is 7.60 Å². The summed E-state index contributed by atoms with van der Waals surface area (Å²) < 4.78 is 22.8. The van der Waals surface area contributed by atoms with Gasteiger partial charge in [0.2, 0.25) is 0 Å². The Bertz CT molecular complexity index is 630. The Morgan fingerprint density at radius 2 is 1.91 bits per heavy atom. The van der Waals surface area contributed by atoms with Crippen molar-refractivity contribution in [3.05, 3.63) is 45.8 Å². The Balaban J connectivity index is 3.36. The molecule has 120 valence electrons. The zero-order valence-electron chi connectivity index (χ0n) is 12.6. The summed E-state index contributed by atoms with van der Waals surface area (Å²) in [6, 6.07) is 5.54.